The zero-order valence-corrected chi connectivity index (χ0v) is 16.8. The Bertz CT molecular complexity index is 884. The van der Waals surface area contributed by atoms with Gasteiger partial charge in [-0.1, -0.05) is 24.3 Å². The van der Waals surface area contributed by atoms with Crippen LogP contribution in [0.3, 0.4) is 0 Å². The van der Waals surface area contributed by atoms with Gasteiger partial charge in [-0.05, 0) is 42.3 Å². The first-order valence-corrected chi connectivity index (χ1v) is 10.8. The highest BCUT2D eigenvalue weighted by Gasteiger charge is 2.21. The number of fused-ring (bicyclic) bond motifs is 1. The van der Waals surface area contributed by atoms with E-state index in [4.69, 9.17) is 4.74 Å². The normalized spacial score (nSPS) is 16.8. The number of H-pyrrole nitrogens is 1. The summed E-state index contributed by atoms with van der Waals surface area (Å²) in [5, 5.41) is 6.40. The van der Waals surface area contributed by atoms with Gasteiger partial charge in [-0.3, -0.25) is 9.69 Å². The maximum atomic E-state index is 12.5. The third-order valence-electron chi connectivity index (χ3n) is 5.20. The van der Waals surface area contributed by atoms with E-state index in [9.17, 15) is 4.79 Å². The van der Waals surface area contributed by atoms with Gasteiger partial charge in [0.2, 0.25) is 5.91 Å². The first-order valence-electron chi connectivity index (χ1n) is 9.96. The van der Waals surface area contributed by atoms with Gasteiger partial charge in [-0.2, -0.15) is 0 Å². The fraction of sp³-hybridized carbons (Fsp3) is 0.409. The molecule has 1 unspecified atom stereocenters. The van der Waals surface area contributed by atoms with Gasteiger partial charge in [0.25, 0.3) is 0 Å². The third kappa shape index (κ3) is 5.01. The molecule has 3 heterocycles. The number of aromatic amines is 1. The Morgan fingerprint density at radius 1 is 1.29 bits per heavy atom. The highest BCUT2D eigenvalue weighted by molar-refractivity contribution is 7.09. The van der Waals surface area contributed by atoms with Crippen molar-refractivity contribution in [1.29, 1.82) is 0 Å². The molecule has 1 saturated heterocycles. The molecule has 28 heavy (non-hydrogen) atoms. The average Bonchev–Trinajstić information content (AvgIpc) is 3.44. The van der Waals surface area contributed by atoms with Crippen molar-refractivity contribution < 1.29 is 9.53 Å². The number of thiophene rings is 1. The van der Waals surface area contributed by atoms with Crippen LogP contribution in [0.4, 0.5) is 0 Å². The van der Waals surface area contributed by atoms with Crippen LogP contribution >= 0.6 is 11.3 Å². The van der Waals surface area contributed by atoms with Gasteiger partial charge in [-0.25, -0.2) is 0 Å². The second-order valence-electron chi connectivity index (χ2n) is 7.34. The summed E-state index contributed by atoms with van der Waals surface area (Å²) < 4.78 is 5.78. The monoisotopic (exact) mass is 397 g/mol. The molecule has 0 bridgehead atoms. The minimum absolute atomic E-state index is 0.0781. The molecule has 1 atom stereocenters. The van der Waals surface area contributed by atoms with Gasteiger partial charge in [0.1, 0.15) is 0 Å². The molecule has 1 aliphatic rings. The molecule has 0 radical (unpaired) electrons. The molecular weight excluding hydrogens is 370 g/mol. The first-order chi connectivity index (χ1) is 13.8. The Balaban J connectivity index is 1.29. The lowest BCUT2D eigenvalue weighted by molar-refractivity contribution is -0.122. The Morgan fingerprint density at radius 3 is 3.04 bits per heavy atom. The molecule has 5 nitrogen and oxygen atoms in total. The van der Waals surface area contributed by atoms with Crippen molar-refractivity contribution in [2.75, 3.05) is 26.2 Å². The summed E-state index contributed by atoms with van der Waals surface area (Å²) >= 11 is 1.74. The third-order valence-corrected chi connectivity index (χ3v) is 6.07. The van der Waals surface area contributed by atoms with Gasteiger partial charge in [-0.15, -0.1) is 11.3 Å². The summed E-state index contributed by atoms with van der Waals surface area (Å²) in [5.74, 6) is 0.0781. The number of aromatic nitrogens is 1. The molecule has 6 heteroatoms. The summed E-state index contributed by atoms with van der Waals surface area (Å²) in [6, 6.07) is 12.5. The van der Waals surface area contributed by atoms with Crippen LogP contribution in [-0.2, 0) is 22.5 Å². The number of hydrogen-bond acceptors (Lipinski definition) is 4. The maximum absolute atomic E-state index is 12.5. The van der Waals surface area contributed by atoms with Crippen molar-refractivity contribution in [2.24, 2.45) is 0 Å². The van der Waals surface area contributed by atoms with Crippen LogP contribution in [0.1, 0.15) is 23.3 Å². The molecule has 2 aromatic heterocycles. The zero-order chi connectivity index (χ0) is 19.2. The molecule has 3 aromatic rings. The molecule has 148 valence electrons. The van der Waals surface area contributed by atoms with E-state index in [0.29, 0.717) is 13.1 Å². The van der Waals surface area contributed by atoms with E-state index < -0.39 is 0 Å². The highest BCUT2D eigenvalue weighted by atomic mass is 32.1. The fourth-order valence-electron chi connectivity index (χ4n) is 3.82. The maximum Gasteiger partial charge on any atom is 0.234 e. The van der Waals surface area contributed by atoms with Gasteiger partial charge < -0.3 is 15.0 Å². The van der Waals surface area contributed by atoms with Crippen molar-refractivity contribution in [2.45, 2.75) is 31.9 Å². The van der Waals surface area contributed by atoms with Crippen LogP contribution < -0.4 is 5.32 Å². The van der Waals surface area contributed by atoms with Crippen molar-refractivity contribution in [3.8, 4) is 0 Å². The summed E-state index contributed by atoms with van der Waals surface area (Å²) in [6.07, 6.45) is 5.32. The van der Waals surface area contributed by atoms with Crippen LogP contribution in [0.25, 0.3) is 10.9 Å². The van der Waals surface area contributed by atoms with Crippen LogP contribution in [-0.4, -0.2) is 48.1 Å². The van der Waals surface area contributed by atoms with E-state index in [1.807, 2.05) is 18.3 Å². The number of benzene rings is 1. The van der Waals surface area contributed by atoms with Crippen LogP contribution in [0.2, 0.25) is 0 Å². The summed E-state index contributed by atoms with van der Waals surface area (Å²) in [7, 11) is 0. The minimum atomic E-state index is 0.0781. The van der Waals surface area contributed by atoms with Crippen LogP contribution in [0.5, 0.6) is 0 Å². The number of rotatable bonds is 9. The smallest absolute Gasteiger partial charge is 0.234 e. The van der Waals surface area contributed by atoms with E-state index in [2.05, 4.69) is 44.8 Å². The predicted molar refractivity (Wildman–Crippen MR) is 114 cm³/mol. The minimum Gasteiger partial charge on any atom is -0.377 e. The molecule has 0 spiro atoms. The lowest BCUT2D eigenvalue weighted by atomic mass is 10.1. The second-order valence-corrected chi connectivity index (χ2v) is 8.38. The van der Waals surface area contributed by atoms with Gasteiger partial charge in [0.05, 0.1) is 12.6 Å². The largest absolute Gasteiger partial charge is 0.377 e. The Morgan fingerprint density at radius 2 is 2.21 bits per heavy atom. The number of amides is 1. The van der Waals surface area contributed by atoms with Crippen molar-refractivity contribution in [3.05, 3.63) is 58.4 Å². The standard InChI is InChI=1S/C22H27N3O2S/c26-22(23-10-9-17-13-24-21-8-2-1-7-20(17)21)16-25(14-18-5-3-11-27-18)15-19-6-4-12-28-19/h1-2,4,6-8,12-13,18,24H,3,5,9-11,14-16H2,(H,23,26). The Hall–Kier alpha value is -2.15. The lowest BCUT2D eigenvalue weighted by Crippen LogP contribution is -2.40. The summed E-state index contributed by atoms with van der Waals surface area (Å²) in [5.41, 5.74) is 2.38. The zero-order valence-electron chi connectivity index (χ0n) is 16.0. The summed E-state index contributed by atoms with van der Waals surface area (Å²) in [6.45, 7) is 3.51. The van der Waals surface area contributed by atoms with Gasteiger partial charge in [0, 0.05) is 48.2 Å². The van der Waals surface area contributed by atoms with Crippen molar-refractivity contribution in [1.82, 2.24) is 15.2 Å². The molecule has 1 amide bonds. The number of nitrogens with zero attached hydrogens (tertiary/aromatic N) is 1. The average molecular weight is 398 g/mol. The van der Waals surface area contributed by atoms with Gasteiger partial charge >= 0.3 is 0 Å². The molecule has 0 aliphatic carbocycles. The molecule has 4 rings (SSSR count). The van der Waals surface area contributed by atoms with Crippen molar-refractivity contribution in [3.63, 3.8) is 0 Å². The number of carbonyl (C=O) groups is 1. The second kappa shape index (κ2) is 9.37. The molecule has 1 aromatic carbocycles. The SMILES string of the molecule is O=C(CN(Cc1cccs1)CC1CCCO1)NCCc1c[nH]c2ccccc12. The highest BCUT2D eigenvalue weighted by Crippen LogP contribution is 2.18. The van der Waals surface area contributed by atoms with Crippen molar-refractivity contribution >= 4 is 28.1 Å². The van der Waals surface area contributed by atoms with Crippen LogP contribution in [0, 0.1) is 0 Å². The Kier molecular flexibility index (Phi) is 6.41. The van der Waals surface area contributed by atoms with E-state index >= 15 is 0 Å². The number of nitrogens with one attached hydrogen (secondary N) is 2. The van der Waals surface area contributed by atoms with E-state index in [1.165, 1.54) is 15.8 Å². The Labute approximate surface area is 169 Å². The van der Waals surface area contributed by atoms with E-state index in [0.717, 1.165) is 44.5 Å². The van der Waals surface area contributed by atoms with Gasteiger partial charge in [0.15, 0.2) is 0 Å². The molecule has 1 aliphatic heterocycles. The first kappa shape index (κ1) is 19.2. The molecule has 0 saturated carbocycles. The number of hydrogen-bond donors (Lipinski definition) is 2. The topological polar surface area (TPSA) is 57.4 Å². The number of ether oxygens (including phenoxy) is 1. The summed E-state index contributed by atoms with van der Waals surface area (Å²) in [4.78, 5) is 19.3. The fourth-order valence-corrected chi connectivity index (χ4v) is 4.56. The lowest BCUT2D eigenvalue weighted by Gasteiger charge is -2.24. The predicted octanol–water partition coefficient (Wildman–Crippen LogP) is 3.57. The van der Waals surface area contributed by atoms with Crippen LogP contribution in [0.15, 0.2) is 48.0 Å². The number of carbonyl (C=O) groups excluding carboxylic acids is 1. The molecular formula is C22H27N3O2S. The number of para-hydroxylation sites is 1. The molecule has 1 fully saturated rings. The quantitative estimate of drug-likeness (QED) is 0.580. The van der Waals surface area contributed by atoms with E-state index in [1.54, 1.807) is 11.3 Å². The van der Waals surface area contributed by atoms with E-state index in [-0.39, 0.29) is 12.0 Å². The molecule has 2 N–H and O–H groups in total.